The Labute approximate surface area is 264 Å². The molecule has 0 saturated carbocycles. The van der Waals surface area contributed by atoms with E-state index in [1.54, 1.807) is 0 Å². The maximum atomic E-state index is 4.18. The number of hydrogen-bond acceptors (Lipinski definition) is 1. The summed E-state index contributed by atoms with van der Waals surface area (Å²) in [5.74, 6) is 0. The zero-order chi connectivity index (χ0) is 30.0. The first-order valence-corrected chi connectivity index (χ1v) is 16.9. The van der Waals surface area contributed by atoms with Crippen LogP contribution in [-0.4, -0.2) is 4.98 Å². The Kier molecular flexibility index (Phi) is 10.2. The fourth-order valence-electron chi connectivity index (χ4n) is 6.78. The lowest BCUT2D eigenvalue weighted by Crippen LogP contribution is -1.92. The normalized spacial score (nSPS) is 11.4. The summed E-state index contributed by atoms with van der Waals surface area (Å²) in [6.45, 7) is 2.29. The zero-order valence-corrected chi connectivity index (χ0v) is 26.3. The van der Waals surface area contributed by atoms with Crippen LogP contribution < -0.4 is 0 Å². The van der Waals surface area contributed by atoms with E-state index in [4.69, 9.17) is 0 Å². The van der Waals surface area contributed by atoms with Crippen molar-refractivity contribution in [2.75, 3.05) is 0 Å². The molecule has 0 saturated heterocycles. The minimum absolute atomic E-state index is 1.17. The molecule has 0 aliphatic heterocycles. The maximum Gasteiger partial charge on any atom is 0.0273 e. The molecule has 0 fully saturated rings. The third kappa shape index (κ3) is 6.94. The highest BCUT2D eigenvalue weighted by molar-refractivity contribution is 6.21. The lowest BCUT2D eigenvalue weighted by atomic mass is 9.85. The number of rotatable bonds is 14. The lowest BCUT2D eigenvalue weighted by molar-refractivity contribution is 0.556. The number of aryl methyl sites for hydroxylation is 1. The largest absolute Gasteiger partial charge is 0.265 e. The summed E-state index contributed by atoms with van der Waals surface area (Å²) < 4.78 is 0. The van der Waals surface area contributed by atoms with Gasteiger partial charge in [-0.05, 0) is 85.5 Å². The van der Waals surface area contributed by atoms with Crippen molar-refractivity contribution >= 4 is 21.5 Å². The predicted molar refractivity (Wildman–Crippen MR) is 191 cm³/mol. The molecule has 0 spiro atoms. The molecule has 6 aromatic rings. The minimum Gasteiger partial charge on any atom is -0.265 e. The second kappa shape index (κ2) is 15.0. The molecule has 1 aromatic heterocycles. The highest BCUT2D eigenvalue weighted by Gasteiger charge is 2.16. The lowest BCUT2D eigenvalue weighted by Gasteiger charge is -2.18. The average Bonchev–Trinajstić information content (AvgIpc) is 3.09. The average molecular weight is 576 g/mol. The van der Waals surface area contributed by atoms with Gasteiger partial charge in [0, 0.05) is 12.4 Å². The second-order valence-corrected chi connectivity index (χ2v) is 12.3. The van der Waals surface area contributed by atoms with Crippen molar-refractivity contribution in [3.05, 3.63) is 127 Å². The number of pyridine rings is 1. The van der Waals surface area contributed by atoms with Crippen LogP contribution in [0.25, 0.3) is 54.9 Å². The van der Waals surface area contributed by atoms with Gasteiger partial charge in [0.1, 0.15) is 0 Å². The number of benzene rings is 5. The van der Waals surface area contributed by atoms with Gasteiger partial charge in [-0.3, -0.25) is 4.98 Å². The molecule has 44 heavy (non-hydrogen) atoms. The van der Waals surface area contributed by atoms with Crippen LogP contribution in [0, 0.1) is 0 Å². The third-order valence-electron chi connectivity index (χ3n) is 9.18. The van der Waals surface area contributed by atoms with E-state index in [9.17, 15) is 0 Å². The van der Waals surface area contributed by atoms with Gasteiger partial charge in [-0.25, -0.2) is 0 Å². The van der Waals surface area contributed by atoms with Crippen molar-refractivity contribution in [2.24, 2.45) is 0 Å². The minimum atomic E-state index is 1.17. The Hall–Kier alpha value is -4.23. The fourth-order valence-corrected chi connectivity index (χ4v) is 6.78. The Morgan fingerprint density at radius 1 is 0.386 bits per heavy atom. The number of aromatic nitrogens is 1. The smallest absolute Gasteiger partial charge is 0.0273 e. The molecular weight excluding hydrogens is 530 g/mol. The van der Waals surface area contributed by atoms with E-state index in [1.807, 2.05) is 12.4 Å². The number of nitrogens with zero attached hydrogens (tertiary/aromatic N) is 1. The van der Waals surface area contributed by atoms with E-state index in [0.717, 1.165) is 0 Å². The van der Waals surface area contributed by atoms with Crippen molar-refractivity contribution in [2.45, 2.75) is 77.6 Å². The molecule has 0 aliphatic carbocycles. The second-order valence-electron chi connectivity index (χ2n) is 12.3. The highest BCUT2D eigenvalue weighted by Crippen LogP contribution is 2.43. The Balaban J connectivity index is 1.22. The first kappa shape index (κ1) is 29.8. The van der Waals surface area contributed by atoms with E-state index >= 15 is 0 Å². The van der Waals surface area contributed by atoms with E-state index < -0.39 is 0 Å². The van der Waals surface area contributed by atoms with Gasteiger partial charge in [-0.2, -0.15) is 0 Å². The molecule has 0 radical (unpaired) electrons. The maximum absolute atomic E-state index is 4.18. The summed E-state index contributed by atoms with van der Waals surface area (Å²) in [5, 5.41) is 5.21. The molecule has 1 heteroatoms. The Morgan fingerprint density at radius 2 is 0.773 bits per heavy atom. The summed E-state index contributed by atoms with van der Waals surface area (Å²) in [6, 6.07) is 40.4. The van der Waals surface area contributed by atoms with Crippen molar-refractivity contribution in [1.82, 2.24) is 4.98 Å². The van der Waals surface area contributed by atoms with Gasteiger partial charge >= 0.3 is 0 Å². The van der Waals surface area contributed by atoms with E-state index in [0.29, 0.717) is 0 Å². The van der Waals surface area contributed by atoms with Crippen LogP contribution in [-0.2, 0) is 6.42 Å². The van der Waals surface area contributed by atoms with Gasteiger partial charge in [0.2, 0.25) is 0 Å². The first-order valence-electron chi connectivity index (χ1n) is 16.9. The zero-order valence-electron chi connectivity index (χ0n) is 26.3. The molecule has 0 N–H and O–H groups in total. The molecule has 1 nitrogen and oxygen atoms in total. The fraction of sp³-hybridized carbons (Fsp3) is 0.279. The number of fused-ring (bicyclic) bond motifs is 2. The molecule has 0 aliphatic rings. The molecule has 0 atom stereocenters. The first-order chi connectivity index (χ1) is 21.8. The van der Waals surface area contributed by atoms with Crippen molar-refractivity contribution < 1.29 is 0 Å². The SMILES string of the molecule is CCCCCCCCCCCCc1ccc(-c2c3ccccc3c(-c3ccc(-c4ccncc4)cc3)c3ccccc23)cc1. The van der Waals surface area contributed by atoms with E-state index in [2.05, 4.69) is 121 Å². The third-order valence-corrected chi connectivity index (χ3v) is 9.18. The Bertz CT molecular complexity index is 1710. The summed E-state index contributed by atoms with van der Waals surface area (Å²) in [5.41, 5.74) is 9.02. The molecule has 0 amide bonds. The van der Waals surface area contributed by atoms with Crippen LogP contribution in [0.2, 0.25) is 0 Å². The predicted octanol–water partition coefficient (Wildman–Crippen LogP) is 12.9. The van der Waals surface area contributed by atoms with Gasteiger partial charge in [-0.1, -0.05) is 162 Å². The van der Waals surface area contributed by atoms with Gasteiger partial charge in [0.25, 0.3) is 0 Å². The van der Waals surface area contributed by atoms with Crippen LogP contribution in [0.15, 0.2) is 122 Å². The van der Waals surface area contributed by atoms with Crippen molar-refractivity contribution in [3.8, 4) is 33.4 Å². The number of unbranched alkanes of at least 4 members (excludes halogenated alkanes) is 9. The standard InChI is InChI=1S/C43H45N/c1-2-3-4-5-6-7-8-9-10-11-16-33-21-23-36(24-22-33)42-38-17-12-14-19-40(38)43(41-20-15-13-18-39(41)42)37-27-25-34(26-28-37)35-29-31-44-32-30-35/h12-15,17-32H,2-11,16H2,1H3. The molecule has 0 bridgehead atoms. The molecule has 222 valence electrons. The van der Waals surface area contributed by atoms with E-state index in [1.165, 1.54) is 131 Å². The van der Waals surface area contributed by atoms with Gasteiger partial charge in [0.15, 0.2) is 0 Å². The van der Waals surface area contributed by atoms with Crippen LogP contribution in [0.4, 0.5) is 0 Å². The van der Waals surface area contributed by atoms with Crippen molar-refractivity contribution in [1.29, 1.82) is 0 Å². The monoisotopic (exact) mass is 575 g/mol. The van der Waals surface area contributed by atoms with Crippen molar-refractivity contribution in [3.63, 3.8) is 0 Å². The van der Waals surface area contributed by atoms with Crippen LogP contribution in [0.1, 0.15) is 76.7 Å². The van der Waals surface area contributed by atoms with Crippen LogP contribution >= 0.6 is 0 Å². The quantitative estimate of drug-likeness (QED) is 0.0930. The molecular formula is C43H45N. The van der Waals surface area contributed by atoms with Gasteiger partial charge < -0.3 is 0 Å². The Morgan fingerprint density at radius 3 is 1.25 bits per heavy atom. The molecule has 1 heterocycles. The summed E-state index contributed by atoms with van der Waals surface area (Å²) in [4.78, 5) is 4.18. The molecule has 0 unspecified atom stereocenters. The van der Waals surface area contributed by atoms with Crippen LogP contribution in [0.5, 0.6) is 0 Å². The summed E-state index contributed by atoms with van der Waals surface area (Å²) in [6.07, 6.45) is 18.7. The highest BCUT2D eigenvalue weighted by atomic mass is 14.6. The number of hydrogen-bond donors (Lipinski definition) is 0. The summed E-state index contributed by atoms with van der Waals surface area (Å²) >= 11 is 0. The van der Waals surface area contributed by atoms with Gasteiger partial charge in [0.05, 0.1) is 0 Å². The van der Waals surface area contributed by atoms with Crippen LogP contribution in [0.3, 0.4) is 0 Å². The molecule has 6 rings (SSSR count). The topological polar surface area (TPSA) is 12.9 Å². The molecule has 5 aromatic carbocycles. The van der Waals surface area contributed by atoms with Gasteiger partial charge in [-0.15, -0.1) is 0 Å². The summed E-state index contributed by atoms with van der Waals surface area (Å²) in [7, 11) is 0. The van der Waals surface area contributed by atoms with E-state index in [-0.39, 0.29) is 0 Å².